The van der Waals surface area contributed by atoms with E-state index in [1.165, 1.54) is 23.3 Å². The first-order valence-electron chi connectivity index (χ1n) is 9.01. The molecule has 4 heteroatoms. The molecule has 2 aliphatic rings. The molecule has 2 aliphatic heterocycles. The van der Waals surface area contributed by atoms with Crippen molar-refractivity contribution in [2.45, 2.75) is 44.4 Å². The molecule has 0 amide bonds. The molecule has 4 rings (SSSR count). The summed E-state index contributed by atoms with van der Waals surface area (Å²) in [4.78, 5) is 2.37. The fourth-order valence-corrected chi connectivity index (χ4v) is 3.96. The molecule has 0 unspecified atom stereocenters. The topological polar surface area (TPSA) is 32.7 Å². The van der Waals surface area contributed by atoms with Crippen molar-refractivity contribution in [3.8, 4) is 5.75 Å². The number of fused-ring (bicyclic) bond motifs is 1. The van der Waals surface area contributed by atoms with E-state index in [1.807, 2.05) is 0 Å². The number of halogens is 1. The Hall–Kier alpha value is -1.91. The molecular weight excluding hydrogens is 317 g/mol. The van der Waals surface area contributed by atoms with Crippen molar-refractivity contribution < 1.29 is 14.2 Å². The van der Waals surface area contributed by atoms with Crippen LogP contribution in [0.1, 0.15) is 36.5 Å². The van der Waals surface area contributed by atoms with Crippen LogP contribution in [-0.2, 0) is 18.6 Å². The second-order valence-corrected chi connectivity index (χ2v) is 7.39. The maximum atomic E-state index is 13.1. The van der Waals surface area contributed by atoms with Gasteiger partial charge >= 0.3 is 0 Å². The Kier molecular flexibility index (Phi) is 4.26. The van der Waals surface area contributed by atoms with Crippen LogP contribution < -0.4 is 4.74 Å². The lowest BCUT2D eigenvalue weighted by Gasteiger charge is -2.38. The highest BCUT2D eigenvalue weighted by atomic mass is 19.1. The van der Waals surface area contributed by atoms with Gasteiger partial charge in [-0.05, 0) is 54.7 Å². The fourth-order valence-electron chi connectivity index (χ4n) is 3.96. The Bertz CT molecular complexity index is 751. The molecule has 0 aromatic heterocycles. The third kappa shape index (κ3) is 3.42. The number of ether oxygens (including phenoxy) is 1. The third-order valence-electron chi connectivity index (χ3n) is 5.43. The van der Waals surface area contributed by atoms with Gasteiger partial charge in [0.05, 0.1) is 5.60 Å². The monoisotopic (exact) mass is 341 g/mol. The molecule has 0 radical (unpaired) electrons. The largest absolute Gasteiger partial charge is 0.490 e. The van der Waals surface area contributed by atoms with Crippen LogP contribution in [0.5, 0.6) is 5.75 Å². The number of rotatable bonds is 3. The Labute approximate surface area is 148 Å². The van der Waals surface area contributed by atoms with Crippen LogP contribution in [0.25, 0.3) is 0 Å². The Morgan fingerprint density at radius 3 is 2.60 bits per heavy atom. The summed E-state index contributed by atoms with van der Waals surface area (Å²) in [6.07, 6.45) is 2.59. The molecule has 0 saturated carbocycles. The number of aliphatic hydroxyl groups is 1. The van der Waals surface area contributed by atoms with Gasteiger partial charge in [0.25, 0.3) is 0 Å². The first-order chi connectivity index (χ1) is 12.0. The van der Waals surface area contributed by atoms with E-state index >= 15 is 0 Å². The molecule has 1 fully saturated rings. The van der Waals surface area contributed by atoms with E-state index in [0.29, 0.717) is 12.8 Å². The summed E-state index contributed by atoms with van der Waals surface area (Å²) in [5, 5.41) is 10.9. The molecule has 1 atom stereocenters. The number of piperidine rings is 1. The van der Waals surface area contributed by atoms with Gasteiger partial charge in [-0.3, -0.25) is 4.90 Å². The summed E-state index contributed by atoms with van der Waals surface area (Å²) < 4.78 is 18.9. The highest BCUT2D eigenvalue weighted by Crippen LogP contribution is 2.34. The van der Waals surface area contributed by atoms with Crippen LogP contribution in [0.2, 0.25) is 0 Å². The second kappa shape index (κ2) is 6.43. The summed E-state index contributed by atoms with van der Waals surface area (Å²) in [5.74, 6) is 0.750. The van der Waals surface area contributed by atoms with Crippen molar-refractivity contribution in [3.63, 3.8) is 0 Å². The molecule has 1 saturated heterocycles. The summed E-state index contributed by atoms with van der Waals surface area (Å²) in [5.41, 5.74) is 2.57. The number of hydrogen-bond donors (Lipinski definition) is 1. The van der Waals surface area contributed by atoms with Gasteiger partial charge in [-0.15, -0.1) is 0 Å². The summed E-state index contributed by atoms with van der Waals surface area (Å²) >= 11 is 0. The predicted octanol–water partition coefficient (Wildman–Crippen LogP) is 3.63. The fraction of sp³-hybridized carbons (Fsp3) is 0.429. The predicted molar refractivity (Wildman–Crippen MR) is 95.0 cm³/mol. The van der Waals surface area contributed by atoms with E-state index in [4.69, 9.17) is 4.74 Å². The molecule has 0 spiro atoms. The third-order valence-corrected chi connectivity index (χ3v) is 5.43. The molecule has 2 aromatic rings. The van der Waals surface area contributed by atoms with Crippen molar-refractivity contribution in [1.82, 2.24) is 4.90 Å². The minimum absolute atomic E-state index is 0.264. The number of nitrogens with zero attached hydrogens (tertiary/aromatic N) is 1. The smallest absolute Gasteiger partial charge is 0.123 e. The van der Waals surface area contributed by atoms with Gasteiger partial charge in [0.2, 0.25) is 0 Å². The number of benzene rings is 2. The van der Waals surface area contributed by atoms with Crippen LogP contribution in [0, 0.1) is 5.82 Å². The first kappa shape index (κ1) is 16.6. The lowest BCUT2D eigenvalue weighted by atomic mass is 9.84. The van der Waals surface area contributed by atoms with Crippen LogP contribution >= 0.6 is 0 Å². The standard InChI is InChI=1S/C21H24FNO2/c1-15-12-17-13-16(2-7-20(17)25-15)14-23-10-8-21(24,9-11-23)18-3-5-19(22)6-4-18/h2-7,13,15,24H,8-12,14H2,1H3/t15-/m1/s1. The zero-order chi connectivity index (χ0) is 17.4. The van der Waals surface area contributed by atoms with E-state index in [9.17, 15) is 9.50 Å². The minimum atomic E-state index is -0.842. The van der Waals surface area contributed by atoms with Crippen molar-refractivity contribution >= 4 is 0 Å². The average molecular weight is 341 g/mol. The summed E-state index contributed by atoms with van der Waals surface area (Å²) in [6.45, 7) is 4.65. The maximum Gasteiger partial charge on any atom is 0.123 e. The van der Waals surface area contributed by atoms with Gasteiger partial charge in [-0.2, -0.15) is 0 Å². The lowest BCUT2D eigenvalue weighted by Crippen LogP contribution is -2.42. The van der Waals surface area contributed by atoms with Gasteiger partial charge < -0.3 is 9.84 Å². The van der Waals surface area contributed by atoms with Gasteiger partial charge in [0, 0.05) is 26.1 Å². The Morgan fingerprint density at radius 2 is 1.88 bits per heavy atom. The molecule has 2 aromatic carbocycles. The zero-order valence-electron chi connectivity index (χ0n) is 14.5. The molecule has 0 bridgehead atoms. The van der Waals surface area contributed by atoms with Crippen molar-refractivity contribution in [1.29, 1.82) is 0 Å². The van der Waals surface area contributed by atoms with E-state index < -0.39 is 5.60 Å². The number of hydrogen-bond acceptors (Lipinski definition) is 3. The quantitative estimate of drug-likeness (QED) is 0.925. The van der Waals surface area contributed by atoms with Gasteiger partial charge in [0.15, 0.2) is 0 Å². The van der Waals surface area contributed by atoms with Crippen LogP contribution in [0.4, 0.5) is 4.39 Å². The molecular formula is C21H24FNO2. The summed E-state index contributed by atoms with van der Waals surface area (Å²) in [7, 11) is 0. The Balaban J connectivity index is 1.39. The molecule has 2 heterocycles. The second-order valence-electron chi connectivity index (χ2n) is 7.39. The molecule has 1 N–H and O–H groups in total. The minimum Gasteiger partial charge on any atom is -0.490 e. The van der Waals surface area contributed by atoms with Gasteiger partial charge in [-0.1, -0.05) is 24.3 Å². The van der Waals surface area contributed by atoms with Crippen molar-refractivity contribution in [3.05, 3.63) is 65.0 Å². The molecule has 25 heavy (non-hydrogen) atoms. The zero-order valence-corrected chi connectivity index (χ0v) is 14.5. The molecule has 0 aliphatic carbocycles. The normalized spacial score (nSPS) is 22.4. The molecule has 3 nitrogen and oxygen atoms in total. The summed E-state index contributed by atoms with van der Waals surface area (Å²) in [6, 6.07) is 12.7. The van der Waals surface area contributed by atoms with E-state index in [2.05, 4.69) is 30.0 Å². The van der Waals surface area contributed by atoms with Crippen molar-refractivity contribution in [2.75, 3.05) is 13.1 Å². The Morgan fingerprint density at radius 1 is 1.16 bits per heavy atom. The van der Waals surface area contributed by atoms with Gasteiger partial charge in [0.1, 0.15) is 17.7 Å². The van der Waals surface area contributed by atoms with E-state index in [0.717, 1.165) is 37.4 Å². The van der Waals surface area contributed by atoms with Crippen LogP contribution in [0.3, 0.4) is 0 Å². The van der Waals surface area contributed by atoms with Gasteiger partial charge in [-0.25, -0.2) is 4.39 Å². The van der Waals surface area contributed by atoms with Crippen molar-refractivity contribution in [2.24, 2.45) is 0 Å². The average Bonchev–Trinajstić information content (AvgIpc) is 2.97. The highest BCUT2D eigenvalue weighted by molar-refractivity contribution is 5.40. The maximum absolute atomic E-state index is 13.1. The SMILES string of the molecule is C[C@@H]1Cc2cc(CN3CCC(O)(c4ccc(F)cc4)CC3)ccc2O1. The van der Waals surface area contributed by atoms with Crippen LogP contribution in [0.15, 0.2) is 42.5 Å². The highest BCUT2D eigenvalue weighted by Gasteiger charge is 2.34. The van der Waals surface area contributed by atoms with E-state index in [-0.39, 0.29) is 11.9 Å². The number of likely N-dealkylation sites (tertiary alicyclic amines) is 1. The first-order valence-corrected chi connectivity index (χ1v) is 9.01. The van der Waals surface area contributed by atoms with E-state index in [1.54, 1.807) is 12.1 Å². The van der Waals surface area contributed by atoms with Crippen LogP contribution in [-0.4, -0.2) is 29.2 Å². The molecule has 132 valence electrons. The lowest BCUT2D eigenvalue weighted by molar-refractivity contribution is -0.0277.